The minimum Gasteiger partial charge on any atom is -0.454 e. The number of rotatable bonds is 5. The summed E-state index contributed by atoms with van der Waals surface area (Å²) in [5, 5.41) is 0.0687. The zero-order valence-electron chi connectivity index (χ0n) is 20.6. The second kappa shape index (κ2) is 9.54. The molecular formula is C30H30O4S. The second-order valence-electron chi connectivity index (χ2n) is 9.64. The van der Waals surface area contributed by atoms with Crippen molar-refractivity contribution in [3.8, 4) is 11.5 Å². The van der Waals surface area contributed by atoms with Gasteiger partial charge in [-0.25, -0.2) is 0 Å². The normalized spacial score (nSPS) is 22.1. The van der Waals surface area contributed by atoms with E-state index in [0.717, 1.165) is 39.2 Å². The van der Waals surface area contributed by atoms with E-state index in [1.165, 1.54) is 17.3 Å². The fraction of sp³-hybridized carbons (Fsp3) is 0.333. The van der Waals surface area contributed by atoms with Crippen LogP contribution in [0.5, 0.6) is 11.5 Å². The van der Waals surface area contributed by atoms with Gasteiger partial charge in [0, 0.05) is 17.1 Å². The van der Waals surface area contributed by atoms with E-state index in [1.807, 2.05) is 38.1 Å². The van der Waals surface area contributed by atoms with Gasteiger partial charge in [0.25, 0.3) is 0 Å². The van der Waals surface area contributed by atoms with E-state index in [9.17, 15) is 9.59 Å². The summed E-state index contributed by atoms with van der Waals surface area (Å²) in [4.78, 5) is 27.1. The van der Waals surface area contributed by atoms with Crippen LogP contribution in [-0.4, -0.2) is 23.4 Å². The molecule has 0 amide bonds. The molecule has 2 aromatic rings. The minimum absolute atomic E-state index is 0.0687. The summed E-state index contributed by atoms with van der Waals surface area (Å²) < 4.78 is 10.9. The van der Waals surface area contributed by atoms with Crippen molar-refractivity contribution < 1.29 is 19.1 Å². The molecular weight excluding hydrogens is 456 g/mol. The molecule has 2 aromatic carbocycles. The van der Waals surface area contributed by atoms with Gasteiger partial charge in [0.2, 0.25) is 11.9 Å². The van der Waals surface area contributed by atoms with E-state index in [0.29, 0.717) is 23.8 Å². The van der Waals surface area contributed by atoms with E-state index >= 15 is 0 Å². The van der Waals surface area contributed by atoms with Gasteiger partial charge in [-0.05, 0) is 65.5 Å². The first kappa shape index (κ1) is 23.7. The van der Waals surface area contributed by atoms with Crippen molar-refractivity contribution in [1.29, 1.82) is 0 Å². The van der Waals surface area contributed by atoms with Gasteiger partial charge in [0.1, 0.15) is 0 Å². The molecule has 5 rings (SSSR count). The molecule has 2 aliphatic carbocycles. The van der Waals surface area contributed by atoms with Crippen LogP contribution in [0.1, 0.15) is 62.6 Å². The van der Waals surface area contributed by atoms with Gasteiger partial charge in [-0.2, -0.15) is 0 Å². The SMILES string of the molecule is CCSC(=O)C1=C(C)C=C2C/C(=C/c3ccc4c(c3)OCO4)C(=O)C2C1c1ccc(C(C)C)cc1. The van der Waals surface area contributed by atoms with Gasteiger partial charge < -0.3 is 9.47 Å². The Kier molecular flexibility index (Phi) is 6.45. The monoisotopic (exact) mass is 486 g/mol. The van der Waals surface area contributed by atoms with Crippen LogP contribution in [0.2, 0.25) is 0 Å². The molecule has 0 spiro atoms. The third-order valence-electron chi connectivity index (χ3n) is 7.06. The van der Waals surface area contributed by atoms with Crippen LogP contribution in [0.25, 0.3) is 6.08 Å². The Balaban J connectivity index is 1.55. The van der Waals surface area contributed by atoms with Gasteiger partial charge in [-0.1, -0.05) is 74.5 Å². The topological polar surface area (TPSA) is 52.6 Å². The molecule has 0 radical (unpaired) electrons. The van der Waals surface area contributed by atoms with E-state index in [4.69, 9.17) is 9.47 Å². The number of Topliss-reactive ketones (excluding diaryl/α,β-unsaturated/α-hetero) is 1. The zero-order chi connectivity index (χ0) is 24.7. The van der Waals surface area contributed by atoms with Crippen molar-refractivity contribution in [2.45, 2.75) is 46.0 Å². The first-order chi connectivity index (χ1) is 16.9. The number of hydrogen-bond acceptors (Lipinski definition) is 5. The highest BCUT2D eigenvalue weighted by Crippen LogP contribution is 2.50. The highest BCUT2D eigenvalue weighted by Gasteiger charge is 2.45. The van der Waals surface area contributed by atoms with E-state index in [1.54, 1.807) is 0 Å². The van der Waals surface area contributed by atoms with Crippen molar-refractivity contribution in [3.05, 3.63) is 87.5 Å². The molecule has 35 heavy (non-hydrogen) atoms. The van der Waals surface area contributed by atoms with E-state index in [2.05, 4.69) is 44.2 Å². The molecule has 180 valence electrons. The Morgan fingerprint density at radius 1 is 1.09 bits per heavy atom. The van der Waals surface area contributed by atoms with Crippen molar-refractivity contribution in [2.75, 3.05) is 12.5 Å². The van der Waals surface area contributed by atoms with Crippen molar-refractivity contribution in [2.24, 2.45) is 5.92 Å². The van der Waals surface area contributed by atoms with Crippen LogP contribution in [0.4, 0.5) is 0 Å². The Bertz CT molecular complexity index is 1280. The number of carbonyl (C=O) groups is 2. The molecule has 5 heteroatoms. The molecule has 2 atom stereocenters. The predicted molar refractivity (Wildman–Crippen MR) is 141 cm³/mol. The molecule has 2 unspecified atom stereocenters. The molecule has 1 saturated carbocycles. The fourth-order valence-corrected chi connectivity index (χ4v) is 6.04. The number of ketones is 1. The van der Waals surface area contributed by atoms with Crippen LogP contribution in [0.3, 0.4) is 0 Å². The predicted octanol–water partition coefficient (Wildman–Crippen LogP) is 6.83. The van der Waals surface area contributed by atoms with Gasteiger partial charge in [0.05, 0.1) is 5.92 Å². The Hall–Kier alpha value is -3.05. The molecule has 3 aliphatic rings. The number of thioether (sulfide) groups is 1. The molecule has 1 heterocycles. The summed E-state index contributed by atoms with van der Waals surface area (Å²) in [5.74, 6) is 2.04. The fourth-order valence-electron chi connectivity index (χ4n) is 5.33. The molecule has 0 bridgehead atoms. The maximum Gasteiger partial charge on any atom is 0.231 e. The first-order valence-corrected chi connectivity index (χ1v) is 13.2. The van der Waals surface area contributed by atoms with Crippen LogP contribution in [0.15, 0.2) is 70.8 Å². The summed E-state index contributed by atoms with van der Waals surface area (Å²) >= 11 is 1.32. The summed E-state index contributed by atoms with van der Waals surface area (Å²) in [6.07, 6.45) is 4.63. The maximum atomic E-state index is 13.9. The average molecular weight is 487 g/mol. The van der Waals surface area contributed by atoms with Gasteiger partial charge >= 0.3 is 0 Å². The largest absolute Gasteiger partial charge is 0.454 e. The summed E-state index contributed by atoms with van der Waals surface area (Å²) in [5.41, 5.74) is 6.79. The molecule has 0 saturated heterocycles. The molecule has 0 aromatic heterocycles. The van der Waals surface area contributed by atoms with Crippen LogP contribution >= 0.6 is 11.8 Å². The lowest BCUT2D eigenvalue weighted by atomic mass is 9.72. The van der Waals surface area contributed by atoms with E-state index in [-0.39, 0.29) is 29.5 Å². The third kappa shape index (κ3) is 4.38. The molecule has 0 N–H and O–H groups in total. The molecule has 4 nitrogen and oxygen atoms in total. The molecule has 1 fully saturated rings. The highest BCUT2D eigenvalue weighted by atomic mass is 32.2. The highest BCUT2D eigenvalue weighted by molar-refractivity contribution is 8.14. The van der Waals surface area contributed by atoms with Crippen molar-refractivity contribution in [3.63, 3.8) is 0 Å². The number of benzene rings is 2. The number of hydrogen-bond donors (Lipinski definition) is 0. The van der Waals surface area contributed by atoms with Gasteiger partial charge in [0.15, 0.2) is 17.3 Å². The third-order valence-corrected chi connectivity index (χ3v) is 7.83. The summed E-state index contributed by atoms with van der Waals surface area (Å²) in [7, 11) is 0. The Labute approximate surface area is 211 Å². The lowest BCUT2D eigenvalue weighted by Crippen LogP contribution is -2.27. The first-order valence-electron chi connectivity index (χ1n) is 12.2. The zero-order valence-corrected chi connectivity index (χ0v) is 21.4. The van der Waals surface area contributed by atoms with Crippen LogP contribution < -0.4 is 9.47 Å². The Morgan fingerprint density at radius 3 is 2.54 bits per heavy atom. The minimum atomic E-state index is -0.347. The Morgan fingerprint density at radius 2 is 1.83 bits per heavy atom. The quantitative estimate of drug-likeness (QED) is 0.434. The lowest BCUT2D eigenvalue weighted by Gasteiger charge is -2.31. The van der Waals surface area contributed by atoms with Crippen molar-refractivity contribution >= 4 is 28.7 Å². The number of allylic oxidation sites excluding steroid dienone is 4. The lowest BCUT2D eigenvalue weighted by molar-refractivity contribution is -0.117. The maximum absolute atomic E-state index is 13.9. The van der Waals surface area contributed by atoms with Crippen LogP contribution in [0, 0.1) is 5.92 Å². The smallest absolute Gasteiger partial charge is 0.231 e. The number of ether oxygens (including phenoxy) is 2. The second-order valence-corrected chi connectivity index (χ2v) is 10.9. The standard InChI is InChI=1S/C30H30O4S/c1-5-35-30(32)26-18(4)12-22-15-23(13-19-6-11-24-25(14-19)34-16-33-24)29(31)28(22)27(26)21-9-7-20(8-10-21)17(2)3/h6-14,17,27-28H,5,15-16H2,1-4H3/b23-13-. The van der Waals surface area contributed by atoms with Gasteiger partial charge in [-0.3, -0.25) is 9.59 Å². The summed E-state index contributed by atoms with van der Waals surface area (Å²) in [6, 6.07) is 14.2. The van der Waals surface area contributed by atoms with Crippen molar-refractivity contribution in [1.82, 2.24) is 0 Å². The van der Waals surface area contributed by atoms with Crippen LogP contribution in [-0.2, 0) is 9.59 Å². The molecule has 1 aliphatic heterocycles. The number of fused-ring (bicyclic) bond motifs is 2. The average Bonchev–Trinajstić information content (AvgIpc) is 3.42. The number of carbonyl (C=O) groups excluding carboxylic acids is 2. The van der Waals surface area contributed by atoms with Gasteiger partial charge in [-0.15, -0.1) is 0 Å². The summed E-state index contributed by atoms with van der Waals surface area (Å²) in [6.45, 7) is 8.55. The van der Waals surface area contributed by atoms with E-state index < -0.39 is 0 Å².